The molecule has 4 atom stereocenters. The zero-order valence-electron chi connectivity index (χ0n) is 17.1. The van der Waals surface area contributed by atoms with Gasteiger partial charge in [-0.05, 0) is 35.4 Å². The fourth-order valence-corrected chi connectivity index (χ4v) is 5.18. The molecule has 1 aliphatic carbocycles. The molecule has 30 heavy (non-hydrogen) atoms. The molecule has 0 spiro atoms. The van der Waals surface area contributed by atoms with Gasteiger partial charge in [-0.1, -0.05) is 37.3 Å². The summed E-state index contributed by atoms with van der Waals surface area (Å²) in [5, 5.41) is 10.4. The first-order chi connectivity index (χ1) is 14.6. The Labute approximate surface area is 176 Å². The summed E-state index contributed by atoms with van der Waals surface area (Å²) in [5.74, 6) is 1.90. The Balaban J connectivity index is 1.57. The highest BCUT2D eigenvalue weighted by molar-refractivity contribution is 6.04. The van der Waals surface area contributed by atoms with Crippen LogP contribution in [0.25, 0.3) is 0 Å². The second kappa shape index (κ2) is 7.33. The third-order valence-corrected chi connectivity index (χ3v) is 7.16. The molecule has 3 aliphatic rings. The molecule has 2 aromatic rings. The minimum atomic E-state index is -0.778. The number of ether oxygens (including phenoxy) is 2. The number of carbonyl (C=O) groups excluding carboxylic acids is 2. The van der Waals surface area contributed by atoms with Gasteiger partial charge in [0.1, 0.15) is 12.4 Å². The van der Waals surface area contributed by atoms with E-state index in [4.69, 9.17) is 9.47 Å². The van der Waals surface area contributed by atoms with Crippen LogP contribution < -0.4 is 4.74 Å². The maximum Gasteiger partial charge on any atom is 0.166 e. The summed E-state index contributed by atoms with van der Waals surface area (Å²) in [5.41, 5.74) is 1.86. The van der Waals surface area contributed by atoms with Crippen LogP contribution in [0.2, 0.25) is 0 Å². The standard InChI is InChI=1S/C25H26O5/c1-2-22(27)18-8-15(23(28)10-17-19-11-29-12-20(17)19)9-21-24(18)30-14-25(21,13-26)16-6-4-3-5-7-16/h3-9,17,19-20,26H,2,10-14H2,1H3/t17?,19-,20+,25-/m0/s1. The predicted octanol–water partition coefficient (Wildman–Crippen LogP) is 3.42. The van der Waals surface area contributed by atoms with Gasteiger partial charge in [-0.2, -0.15) is 0 Å². The Morgan fingerprint density at radius 2 is 1.83 bits per heavy atom. The number of aliphatic hydroxyl groups is 1. The summed E-state index contributed by atoms with van der Waals surface area (Å²) in [6.45, 7) is 3.39. The van der Waals surface area contributed by atoms with Gasteiger partial charge < -0.3 is 14.6 Å². The molecule has 156 valence electrons. The Kier molecular flexibility index (Phi) is 4.75. The van der Waals surface area contributed by atoms with Crippen molar-refractivity contribution in [2.75, 3.05) is 26.4 Å². The maximum absolute atomic E-state index is 13.2. The van der Waals surface area contributed by atoms with E-state index >= 15 is 0 Å². The molecule has 2 aliphatic heterocycles. The number of hydrogen-bond acceptors (Lipinski definition) is 5. The molecule has 0 radical (unpaired) electrons. The topological polar surface area (TPSA) is 72.8 Å². The van der Waals surface area contributed by atoms with Gasteiger partial charge in [0.15, 0.2) is 11.6 Å². The molecule has 5 heteroatoms. The summed E-state index contributed by atoms with van der Waals surface area (Å²) < 4.78 is 11.4. The van der Waals surface area contributed by atoms with E-state index in [0.717, 1.165) is 24.3 Å². The zero-order chi connectivity index (χ0) is 20.9. The molecule has 1 saturated carbocycles. The van der Waals surface area contributed by atoms with E-state index in [9.17, 15) is 14.7 Å². The Morgan fingerprint density at radius 1 is 1.10 bits per heavy atom. The zero-order valence-corrected chi connectivity index (χ0v) is 17.1. The van der Waals surface area contributed by atoms with Crippen molar-refractivity contribution in [2.45, 2.75) is 25.2 Å². The average Bonchev–Trinajstić information content (AvgIpc) is 3.14. The highest BCUT2D eigenvalue weighted by Crippen LogP contribution is 2.53. The Bertz CT molecular complexity index is 988. The van der Waals surface area contributed by atoms with Gasteiger partial charge in [0.2, 0.25) is 0 Å². The first-order valence-electron chi connectivity index (χ1n) is 10.7. The predicted molar refractivity (Wildman–Crippen MR) is 111 cm³/mol. The van der Waals surface area contributed by atoms with E-state index < -0.39 is 5.41 Å². The van der Waals surface area contributed by atoms with Gasteiger partial charge in [-0.15, -0.1) is 0 Å². The van der Waals surface area contributed by atoms with Crippen molar-refractivity contribution in [1.82, 2.24) is 0 Å². The van der Waals surface area contributed by atoms with Gasteiger partial charge in [0.05, 0.1) is 30.8 Å². The first-order valence-corrected chi connectivity index (χ1v) is 10.7. The number of rotatable bonds is 7. The summed E-state index contributed by atoms with van der Waals surface area (Å²) in [6.07, 6.45) is 0.810. The van der Waals surface area contributed by atoms with Gasteiger partial charge in [-0.3, -0.25) is 9.59 Å². The fourth-order valence-electron chi connectivity index (χ4n) is 5.18. The van der Waals surface area contributed by atoms with E-state index in [1.807, 2.05) is 36.4 Å². The van der Waals surface area contributed by atoms with Crippen LogP contribution in [0.3, 0.4) is 0 Å². The average molecular weight is 406 g/mol. The van der Waals surface area contributed by atoms with Crippen molar-refractivity contribution >= 4 is 11.6 Å². The molecule has 0 aromatic heterocycles. The van der Waals surface area contributed by atoms with Crippen LogP contribution in [0.4, 0.5) is 0 Å². The highest BCUT2D eigenvalue weighted by Gasteiger charge is 2.54. The molecule has 5 rings (SSSR count). The van der Waals surface area contributed by atoms with Crippen molar-refractivity contribution < 1.29 is 24.2 Å². The molecule has 1 saturated heterocycles. The third kappa shape index (κ3) is 2.91. The maximum atomic E-state index is 13.2. The van der Waals surface area contributed by atoms with E-state index in [-0.39, 0.29) is 24.8 Å². The summed E-state index contributed by atoms with van der Waals surface area (Å²) in [6, 6.07) is 13.2. The quantitative estimate of drug-likeness (QED) is 0.714. The molecule has 2 fully saturated rings. The van der Waals surface area contributed by atoms with Crippen LogP contribution in [0.1, 0.15) is 51.6 Å². The van der Waals surface area contributed by atoms with Gasteiger partial charge in [-0.25, -0.2) is 0 Å². The van der Waals surface area contributed by atoms with E-state index in [0.29, 0.717) is 47.5 Å². The van der Waals surface area contributed by atoms with E-state index in [1.54, 1.807) is 13.0 Å². The normalized spacial score (nSPS) is 28.5. The van der Waals surface area contributed by atoms with E-state index in [1.165, 1.54) is 0 Å². The number of aliphatic hydroxyl groups excluding tert-OH is 1. The number of hydrogen-bond donors (Lipinski definition) is 1. The lowest BCUT2D eigenvalue weighted by Gasteiger charge is -2.26. The van der Waals surface area contributed by atoms with Crippen molar-refractivity contribution in [3.8, 4) is 5.75 Å². The number of fused-ring (bicyclic) bond motifs is 2. The fraction of sp³-hybridized carbons (Fsp3) is 0.440. The molecule has 2 aromatic carbocycles. The molecule has 1 N–H and O–H groups in total. The first kappa shape index (κ1) is 19.5. The van der Waals surface area contributed by atoms with Crippen LogP contribution in [0.5, 0.6) is 5.75 Å². The SMILES string of the molecule is CCC(=O)c1cc(C(=O)CC2[C@H]3COC[C@@H]23)cc2c1OC[C@@]2(CO)c1ccccc1. The van der Waals surface area contributed by atoms with Crippen LogP contribution in [0.15, 0.2) is 42.5 Å². The van der Waals surface area contributed by atoms with Gasteiger partial charge >= 0.3 is 0 Å². The smallest absolute Gasteiger partial charge is 0.166 e. The molecule has 0 bridgehead atoms. The lowest BCUT2D eigenvalue weighted by molar-refractivity contribution is 0.0950. The van der Waals surface area contributed by atoms with Crippen LogP contribution in [-0.4, -0.2) is 43.1 Å². The number of benzene rings is 2. The third-order valence-electron chi connectivity index (χ3n) is 7.16. The van der Waals surface area contributed by atoms with Crippen molar-refractivity contribution in [3.05, 3.63) is 64.7 Å². The second-order valence-electron chi connectivity index (χ2n) is 8.73. The number of Topliss-reactive ketones (excluding diaryl/α,β-unsaturated/α-hetero) is 2. The Morgan fingerprint density at radius 3 is 2.50 bits per heavy atom. The van der Waals surface area contributed by atoms with Crippen molar-refractivity contribution in [2.24, 2.45) is 17.8 Å². The number of ketones is 2. The molecule has 2 heterocycles. The summed E-state index contributed by atoms with van der Waals surface area (Å²) >= 11 is 0. The largest absolute Gasteiger partial charge is 0.491 e. The van der Waals surface area contributed by atoms with Crippen LogP contribution >= 0.6 is 0 Å². The van der Waals surface area contributed by atoms with Gasteiger partial charge in [0, 0.05) is 24.0 Å². The summed E-state index contributed by atoms with van der Waals surface area (Å²) in [7, 11) is 0. The van der Waals surface area contributed by atoms with Crippen LogP contribution in [-0.2, 0) is 10.2 Å². The van der Waals surface area contributed by atoms with Gasteiger partial charge in [0.25, 0.3) is 0 Å². The molecule has 0 amide bonds. The van der Waals surface area contributed by atoms with Crippen molar-refractivity contribution in [1.29, 1.82) is 0 Å². The minimum Gasteiger partial charge on any atom is -0.491 e. The lowest BCUT2D eigenvalue weighted by atomic mass is 9.75. The second-order valence-corrected chi connectivity index (χ2v) is 8.73. The number of carbonyl (C=O) groups is 2. The lowest BCUT2D eigenvalue weighted by Crippen LogP contribution is -2.33. The molecular formula is C25H26O5. The Hall–Kier alpha value is -2.50. The van der Waals surface area contributed by atoms with Crippen molar-refractivity contribution in [3.63, 3.8) is 0 Å². The minimum absolute atomic E-state index is 0.0501. The van der Waals surface area contributed by atoms with E-state index in [2.05, 4.69) is 0 Å². The van der Waals surface area contributed by atoms with Crippen LogP contribution in [0, 0.1) is 17.8 Å². The molecule has 1 unspecified atom stereocenters. The monoisotopic (exact) mass is 406 g/mol. The summed E-state index contributed by atoms with van der Waals surface area (Å²) in [4.78, 5) is 25.9. The highest BCUT2D eigenvalue weighted by atomic mass is 16.5. The molecular weight excluding hydrogens is 380 g/mol. The molecule has 5 nitrogen and oxygen atoms in total.